The Hall–Kier alpha value is -2.87. The Kier molecular flexibility index (Phi) is 5.70. The van der Waals surface area contributed by atoms with Gasteiger partial charge in [-0.3, -0.25) is 4.79 Å². The van der Waals surface area contributed by atoms with E-state index in [4.69, 9.17) is 10.00 Å². The molecule has 2 aromatic rings. The number of rotatable bonds is 6. The van der Waals surface area contributed by atoms with Crippen LogP contribution in [-0.2, 0) is 11.3 Å². The lowest BCUT2D eigenvalue weighted by Crippen LogP contribution is -2.27. The van der Waals surface area contributed by atoms with Crippen LogP contribution in [0.3, 0.4) is 0 Å². The largest absolute Gasteiger partial charge is 0.493 e. The van der Waals surface area contributed by atoms with Gasteiger partial charge in [-0.2, -0.15) is 5.26 Å². The number of nitriles is 1. The van der Waals surface area contributed by atoms with Crippen molar-refractivity contribution >= 4 is 5.91 Å². The fourth-order valence-corrected chi connectivity index (χ4v) is 2.02. The van der Waals surface area contributed by atoms with Gasteiger partial charge in [0, 0.05) is 13.6 Å². The monoisotopic (exact) mass is 312 g/mol. The summed E-state index contributed by atoms with van der Waals surface area (Å²) in [4.78, 5) is 13.7. The zero-order chi connectivity index (χ0) is 16.7. The van der Waals surface area contributed by atoms with Gasteiger partial charge in [0.15, 0.2) is 0 Å². The zero-order valence-electron chi connectivity index (χ0n) is 12.8. The van der Waals surface area contributed by atoms with Crippen molar-refractivity contribution in [3.63, 3.8) is 0 Å². The van der Waals surface area contributed by atoms with Gasteiger partial charge >= 0.3 is 0 Å². The van der Waals surface area contributed by atoms with Gasteiger partial charge in [-0.15, -0.1) is 0 Å². The second kappa shape index (κ2) is 7.95. The fraction of sp³-hybridized carbons (Fsp3) is 0.222. The molecule has 0 aliphatic carbocycles. The highest BCUT2D eigenvalue weighted by molar-refractivity contribution is 5.76. The lowest BCUT2D eigenvalue weighted by atomic mass is 10.1. The van der Waals surface area contributed by atoms with Gasteiger partial charge in [0.1, 0.15) is 11.6 Å². The third-order valence-electron chi connectivity index (χ3n) is 3.33. The van der Waals surface area contributed by atoms with Crippen molar-refractivity contribution in [3.8, 4) is 11.8 Å². The van der Waals surface area contributed by atoms with Crippen molar-refractivity contribution in [3.05, 3.63) is 65.5 Å². The average Bonchev–Trinajstić information content (AvgIpc) is 2.57. The van der Waals surface area contributed by atoms with Crippen LogP contribution in [0.1, 0.15) is 17.5 Å². The number of hydrogen-bond donors (Lipinski definition) is 0. The molecule has 5 heteroatoms. The van der Waals surface area contributed by atoms with Crippen molar-refractivity contribution < 1.29 is 13.9 Å². The quantitative estimate of drug-likeness (QED) is 0.823. The molecule has 0 spiro atoms. The summed E-state index contributed by atoms with van der Waals surface area (Å²) in [6, 6.07) is 14.9. The van der Waals surface area contributed by atoms with Crippen molar-refractivity contribution in [2.24, 2.45) is 0 Å². The average molecular weight is 312 g/mol. The first-order valence-electron chi connectivity index (χ1n) is 7.20. The summed E-state index contributed by atoms with van der Waals surface area (Å²) in [5, 5.41) is 8.76. The molecular formula is C18H17FN2O2. The second-order valence-corrected chi connectivity index (χ2v) is 5.11. The number of halogens is 1. The maximum atomic E-state index is 12.8. The van der Waals surface area contributed by atoms with E-state index in [9.17, 15) is 9.18 Å². The topological polar surface area (TPSA) is 53.3 Å². The van der Waals surface area contributed by atoms with Crippen molar-refractivity contribution in [1.29, 1.82) is 5.26 Å². The van der Waals surface area contributed by atoms with Crippen molar-refractivity contribution in [2.45, 2.75) is 13.0 Å². The van der Waals surface area contributed by atoms with Crippen LogP contribution < -0.4 is 4.74 Å². The number of ether oxygens (including phenoxy) is 1. The molecular weight excluding hydrogens is 295 g/mol. The molecule has 2 aromatic carbocycles. The van der Waals surface area contributed by atoms with E-state index in [1.165, 1.54) is 24.3 Å². The van der Waals surface area contributed by atoms with Gasteiger partial charge in [-0.05, 0) is 42.0 Å². The zero-order valence-corrected chi connectivity index (χ0v) is 12.8. The first-order valence-corrected chi connectivity index (χ1v) is 7.20. The Bertz CT molecular complexity index is 690. The molecule has 0 bridgehead atoms. The molecule has 23 heavy (non-hydrogen) atoms. The summed E-state index contributed by atoms with van der Waals surface area (Å²) >= 11 is 0. The van der Waals surface area contributed by atoms with Crippen LogP contribution in [0.5, 0.6) is 5.75 Å². The summed E-state index contributed by atoms with van der Waals surface area (Å²) in [5.74, 6) is 0.168. The van der Waals surface area contributed by atoms with Crippen molar-refractivity contribution in [1.82, 2.24) is 4.90 Å². The molecule has 0 N–H and O–H groups in total. The highest BCUT2D eigenvalue weighted by Gasteiger charge is 2.09. The molecule has 0 aromatic heterocycles. The van der Waals surface area contributed by atoms with Gasteiger partial charge in [0.2, 0.25) is 5.91 Å². The lowest BCUT2D eigenvalue weighted by Gasteiger charge is -2.17. The maximum absolute atomic E-state index is 12.8. The number of nitrogens with zero attached hydrogens (tertiary/aromatic N) is 2. The van der Waals surface area contributed by atoms with Crippen LogP contribution in [0, 0.1) is 17.1 Å². The van der Waals surface area contributed by atoms with E-state index < -0.39 is 0 Å². The lowest BCUT2D eigenvalue weighted by molar-refractivity contribution is -0.130. The molecule has 1 amide bonds. The molecule has 0 saturated heterocycles. The van der Waals surface area contributed by atoms with Gasteiger partial charge in [0.25, 0.3) is 0 Å². The van der Waals surface area contributed by atoms with E-state index in [-0.39, 0.29) is 24.8 Å². The Balaban J connectivity index is 1.78. The van der Waals surface area contributed by atoms with E-state index in [1.54, 1.807) is 24.1 Å². The molecule has 0 heterocycles. The Morgan fingerprint density at radius 1 is 1.17 bits per heavy atom. The summed E-state index contributed by atoms with van der Waals surface area (Å²) < 4.78 is 18.2. The molecule has 0 unspecified atom stereocenters. The highest BCUT2D eigenvalue weighted by atomic mass is 19.1. The molecule has 118 valence electrons. The standard InChI is InChI=1S/C18H17FN2O2/c1-21(13-15-4-2-14(12-20)3-5-15)18(22)10-11-23-17-8-6-16(19)7-9-17/h2-9H,10-11,13H2,1H3. The number of benzene rings is 2. The number of amides is 1. The van der Waals surface area contributed by atoms with E-state index in [0.29, 0.717) is 17.9 Å². The molecule has 0 atom stereocenters. The molecule has 4 nitrogen and oxygen atoms in total. The van der Waals surface area contributed by atoms with E-state index >= 15 is 0 Å². The second-order valence-electron chi connectivity index (χ2n) is 5.11. The molecule has 0 aliphatic heterocycles. The first kappa shape index (κ1) is 16.5. The Morgan fingerprint density at radius 3 is 2.43 bits per heavy atom. The summed E-state index contributed by atoms with van der Waals surface area (Å²) in [5.41, 5.74) is 1.55. The van der Waals surface area contributed by atoms with Crippen molar-refractivity contribution in [2.75, 3.05) is 13.7 Å². The van der Waals surface area contributed by atoms with Crippen LogP contribution in [0.25, 0.3) is 0 Å². The maximum Gasteiger partial charge on any atom is 0.226 e. The van der Waals surface area contributed by atoms with Gasteiger partial charge < -0.3 is 9.64 Å². The van der Waals surface area contributed by atoms with Gasteiger partial charge in [0.05, 0.1) is 24.7 Å². The highest BCUT2D eigenvalue weighted by Crippen LogP contribution is 2.12. The van der Waals surface area contributed by atoms with Gasteiger partial charge in [-0.25, -0.2) is 4.39 Å². The minimum atomic E-state index is -0.324. The molecule has 0 radical (unpaired) electrons. The summed E-state index contributed by atoms with van der Waals surface area (Å²) in [7, 11) is 1.72. The molecule has 0 fully saturated rings. The van der Waals surface area contributed by atoms with Crippen LogP contribution >= 0.6 is 0 Å². The summed E-state index contributed by atoms with van der Waals surface area (Å²) in [6.45, 7) is 0.712. The summed E-state index contributed by atoms with van der Waals surface area (Å²) in [6.07, 6.45) is 0.240. The van der Waals surface area contributed by atoms with E-state index in [0.717, 1.165) is 5.56 Å². The van der Waals surface area contributed by atoms with Crippen LogP contribution in [0.4, 0.5) is 4.39 Å². The van der Waals surface area contributed by atoms with Crippen LogP contribution in [-0.4, -0.2) is 24.5 Å². The molecule has 2 rings (SSSR count). The predicted molar refractivity (Wildman–Crippen MR) is 84.1 cm³/mol. The first-order chi connectivity index (χ1) is 11.1. The van der Waals surface area contributed by atoms with Crippen LogP contribution in [0.2, 0.25) is 0 Å². The molecule has 0 saturated carbocycles. The smallest absolute Gasteiger partial charge is 0.226 e. The Labute approximate surface area is 134 Å². The van der Waals surface area contributed by atoms with Gasteiger partial charge in [-0.1, -0.05) is 12.1 Å². The predicted octanol–water partition coefficient (Wildman–Crippen LogP) is 3.12. The third kappa shape index (κ3) is 5.11. The normalized spacial score (nSPS) is 9.96. The minimum Gasteiger partial charge on any atom is -0.493 e. The van der Waals surface area contributed by atoms with Crippen LogP contribution in [0.15, 0.2) is 48.5 Å². The minimum absolute atomic E-state index is 0.0449. The number of carbonyl (C=O) groups is 1. The fourth-order valence-electron chi connectivity index (χ4n) is 2.02. The Morgan fingerprint density at radius 2 is 1.83 bits per heavy atom. The number of carbonyl (C=O) groups excluding carboxylic acids is 1. The SMILES string of the molecule is CN(Cc1ccc(C#N)cc1)C(=O)CCOc1ccc(F)cc1. The van der Waals surface area contributed by atoms with E-state index in [2.05, 4.69) is 6.07 Å². The number of hydrogen-bond acceptors (Lipinski definition) is 3. The molecule has 0 aliphatic rings. The van der Waals surface area contributed by atoms with E-state index in [1.807, 2.05) is 12.1 Å². The third-order valence-corrected chi connectivity index (χ3v) is 3.33.